The monoisotopic (exact) mass is 294 g/mol. The third kappa shape index (κ3) is 4.38. The molecule has 0 radical (unpaired) electrons. The normalized spacial score (nSPS) is 23.6. The zero-order chi connectivity index (χ0) is 12.8. The second-order valence-electron chi connectivity index (χ2n) is 4.69. The minimum absolute atomic E-state index is 0.529. The maximum atomic E-state index is 11.9. The van der Waals surface area contributed by atoms with Crippen LogP contribution in [0.2, 0.25) is 0 Å². The lowest BCUT2D eigenvalue weighted by Crippen LogP contribution is -2.39. The SMILES string of the molecule is O=S(=O)(NCCSC1CCOCC1)N1CCCC1. The maximum Gasteiger partial charge on any atom is 0.279 e. The highest BCUT2D eigenvalue weighted by Gasteiger charge is 2.24. The Hall–Kier alpha value is 0.180. The molecule has 2 fully saturated rings. The van der Waals surface area contributed by atoms with E-state index in [0.29, 0.717) is 24.9 Å². The summed E-state index contributed by atoms with van der Waals surface area (Å²) in [6.45, 7) is 3.56. The highest BCUT2D eigenvalue weighted by atomic mass is 32.2. The topological polar surface area (TPSA) is 58.6 Å². The molecule has 5 nitrogen and oxygen atoms in total. The number of nitrogens with one attached hydrogen (secondary N) is 1. The van der Waals surface area contributed by atoms with Crippen molar-refractivity contribution in [2.45, 2.75) is 30.9 Å². The Morgan fingerprint density at radius 3 is 2.56 bits per heavy atom. The summed E-state index contributed by atoms with van der Waals surface area (Å²) < 4.78 is 33.3. The first kappa shape index (κ1) is 14.6. The summed E-state index contributed by atoms with van der Waals surface area (Å²) in [6, 6.07) is 0. The summed E-state index contributed by atoms with van der Waals surface area (Å²) in [6.07, 6.45) is 4.14. The van der Waals surface area contributed by atoms with Crippen LogP contribution in [0, 0.1) is 0 Å². The molecule has 0 saturated carbocycles. The van der Waals surface area contributed by atoms with Gasteiger partial charge >= 0.3 is 0 Å². The second-order valence-corrected chi connectivity index (χ2v) is 7.85. The van der Waals surface area contributed by atoms with Gasteiger partial charge in [-0.05, 0) is 25.7 Å². The van der Waals surface area contributed by atoms with Crippen LogP contribution >= 0.6 is 11.8 Å². The van der Waals surface area contributed by atoms with Gasteiger partial charge in [0.2, 0.25) is 0 Å². The van der Waals surface area contributed by atoms with Crippen molar-refractivity contribution in [3.05, 3.63) is 0 Å². The van der Waals surface area contributed by atoms with Crippen LogP contribution in [0.15, 0.2) is 0 Å². The molecule has 7 heteroatoms. The van der Waals surface area contributed by atoms with Gasteiger partial charge in [0.1, 0.15) is 0 Å². The van der Waals surface area contributed by atoms with Crippen LogP contribution in [0.4, 0.5) is 0 Å². The number of hydrogen-bond donors (Lipinski definition) is 1. The van der Waals surface area contributed by atoms with Gasteiger partial charge in [-0.15, -0.1) is 0 Å². The lowest BCUT2D eigenvalue weighted by molar-refractivity contribution is 0.100. The van der Waals surface area contributed by atoms with Crippen molar-refractivity contribution >= 4 is 22.0 Å². The number of thioether (sulfide) groups is 1. The van der Waals surface area contributed by atoms with Crippen molar-refractivity contribution in [3.63, 3.8) is 0 Å². The Balaban J connectivity index is 1.62. The van der Waals surface area contributed by atoms with E-state index in [1.54, 1.807) is 4.31 Å². The molecule has 2 heterocycles. The number of ether oxygens (including phenoxy) is 1. The molecule has 18 heavy (non-hydrogen) atoms. The van der Waals surface area contributed by atoms with E-state index in [0.717, 1.165) is 44.6 Å². The smallest absolute Gasteiger partial charge is 0.279 e. The molecule has 0 spiro atoms. The molecule has 0 atom stereocenters. The van der Waals surface area contributed by atoms with Crippen LogP contribution in [0.3, 0.4) is 0 Å². The number of nitrogens with zero attached hydrogens (tertiary/aromatic N) is 1. The van der Waals surface area contributed by atoms with Crippen LogP contribution in [0.1, 0.15) is 25.7 Å². The minimum atomic E-state index is -3.22. The third-order valence-electron chi connectivity index (χ3n) is 3.31. The van der Waals surface area contributed by atoms with Crippen LogP contribution in [-0.4, -0.2) is 56.6 Å². The van der Waals surface area contributed by atoms with E-state index in [1.807, 2.05) is 11.8 Å². The molecule has 0 bridgehead atoms. The Labute approximate surface area is 114 Å². The van der Waals surface area contributed by atoms with E-state index in [-0.39, 0.29) is 0 Å². The van der Waals surface area contributed by atoms with Crippen molar-refractivity contribution in [2.75, 3.05) is 38.6 Å². The molecule has 0 amide bonds. The van der Waals surface area contributed by atoms with Gasteiger partial charge in [-0.3, -0.25) is 0 Å². The van der Waals surface area contributed by atoms with E-state index in [2.05, 4.69) is 4.72 Å². The highest BCUT2D eigenvalue weighted by Crippen LogP contribution is 2.21. The van der Waals surface area contributed by atoms with E-state index >= 15 is 0 Å². The fourth-order valence-electron chi connectivity index (χ4n) is 2.26. The Bertz CT molecular complexity index is 336. The molecule has 0 aromatic rings. The van der Waals surface area contributed by atoms with Gasteiger partial charge in [-0.2, -0.15) is 24.5 Å². The van der Waals surface area contributed by atoms with Crippen LogP contribution in [0.5, 0.6) is 0 Å². The largest absolute Gasteiger partial charge is 0.381 e. The average molecular weight is 294 g/mol. The minimum Gasteiger partial charge on any atom is -0.381 e. The average Bonchev–Trinajstić information content (AvgIpc) is 2.91. The number of hydrogen-bond acceptors (Lipinski definition) is 4. The zero-order valence-electron chi connectivity index (χ0n) is 10.6. The van der Waals surface area contributed by atoms with Crippen molar-refractivity contribution in [2.24, 2.45) is 0 Å². The quantitative estimate of drug-likeness (QED) is 0.737. The van der Waals surface area contributed by atoms with E-state index in [9.17, 15) is 8.42 Å². The molecule has 0 aliphatic carbocycles. The second kappa shape index (κ2) is 7.09. The summed E-state index contributed by atoms with van der Waals surface area (Å²) in [5.41, 5.74) is 0. The fourth-order valence-corrected chi connectivity index (χ4v) is 4.75. The van der Waals surface area contributed by atoms with Gasteiger partial charge in [0, 0.05) is 43.9 Å². The molecular formula is C11H22N2O3S2. The summed E-state index contributed by atoms with van der Waals surface area (Å²) >= 11 is 1.86. The molecule has 2 rings (SSSR count). The van der Waals surface area contributed by atoms with Crippen LogP contribution in [-0.2, 0) is 14.9 Å². The lowest BCUT2D eigenvalue weighted by atomic mass is 10.2. The van der Waals surface area contributed by atoms with E-state index in [1.165, 1.54) is 0 Å². The molecule has 1 N–H and O–H groups in total. The molecule has 2 aliphatic heterocycles. The van der Waals surface area contributed by atoms with Gasteiger partial charge < -0.3 is 4.74 Å². The Kier molecular flexibility index (Phi) is 5.75. The molecular weight excluding hydrogens is 272 g/mol. The van der Waals surface area contributed by atoms with E-state index in [4.69, 9.17) is 4.74 Å². The van der Waals surface area contributed by atoms with Crippen LogP contribution < -0.4 is 4.72 Å². The molecule has 0 aromatic heterocycles. The predicted molar refractivity (Wildman–Crippen MR) is 74.0 cm³/mol. The van der Waals surface area contributed by atoms with Crippen LogP contribution in [0.25, 0.3) is 0 Å². The summed E-state index contributed by atoms with van der Waals surface area (Å²) in [4.78, 5) is 0. The first-order chi connectivity index (χ1) is 8.68. The lowest BCUT2D eigenvalue weighted by Gasteiger charge is -2.21. The standard InChI is InChI=1S/C11H22N2O3S2/c14-18(15,13-6-1-2-7-13)12-5-10-17-11-3-8-16-9-4-11/h11-12H,1-10H2. The first-order valence-electron chi connectivity index (χ1n) is 6.62. The maximum absolute atomic E-state index is 11.9. The van der Waals surface area contributed by atoms with Crippen molar-refractivity contribution in [1.82, 2.24) is 9.03 Å². The third-order valence-corrected chi connectivity index (χ3v) is 6.31. The predicted octanol–water partition coefficient (Wildman–Crippen LogP) is 0.829. The van der Waals surface area contributed by atoms with Gasteiger partial charge in [0.05, 0.1) is 0 Å². The van der Waals surface area contributed by atoms with Crippen molar-refractivity contribution in [1.29, 1.82) is 0 Å². The van der Waals surface area contributed by atoms with Gasteiger partial charge in [0.25, 0.3) is 10.2 Å². The van der Waals surface area contributed by atoms with Gasteiger partial charge in [-0.25, -0.2) is 4.72 Å². The van der Waals surface area contributed by atoms with Crippen molar-refractivity contribution < 1.29 is 13.2 Å². The summed E-state index contributed by atoms with van der Waals surface area (Å²) in [5.74, 6) is 0.845. The summed E-state index contributed by atoms with van der Waals surface area (Å²) in [7, 11) is -3.22. The molecule has 106 valence electrons. The zero-order valence-corrected chi connectivity index (χ0v) is 12.3. The molecule has 2 aliphatic rings. The van der Waals surface area contributed by atoms with Gasteiger partial charge in [0.15, 0.2) is 0 Å². The van der Waals surface area contributed by atoms with E-state index < -0.39 is 10.2 Å². The summed E-state index contributed by atoms with van der Waals surface area (Å²) in [5, 5.41) is 0.634. The highest BCUT2D eigenvalue weighted by molar-refractivity contribution is 7.99. The Morgan fingerprint density at radius 1 is 1.22 bits per heavy atom. The first-order valence-corrected chi connectivity index (χ1v) is 9.11. The van der Waals surface area contributed by atoms with Crippen molar-refractivity contribution in [3.8, 4) is 0 Å². The fraction of sp³-hybridized carbons (Fsp3) is 1.00. The molecule has 0 aromatic carbocycles. The van der Waals surface area contributed by atoms with Gasteiger partial charge in [-0.1, -0.05) is 0 Å². The molecule has 2 saturated heterocycles. The number of rotatable bonds is 6. The Morgan fingerprint density at radius 2 is 1.89 bits per heavy atom. The molecule has 0 unspecified atom stereocenters.